The molecule has 2 heterocycles. The average molecular weight is 335 g/mol. The Morgan fingerprint density at radius 3 is 2.35 bits per heavy atom. The molecule has 0 unspecified atom stereocenters. The molecule has 1 aromatic heterocycles. The molecule has 23 heavy (non-hydrogen) atoms. The number of piperidine rings is 1. The van der Waals surface area contributed by atoms with Crippen LogP contribution in [0.25, 0.3) is 10.4 Å². The fourth-order valence-corrected chi connectivity index (χ4v) is 3.67. The molecule has 0 atom stereocenters. The first-order chi connectivity index (χ1) is 11.0. The van der Waals surface area contributed by atoms with Crippen LogP contribution in [0.3, 0.4) is 0 Å². The van der Waals surface area contributed by atoms with Crippen molar-refractivity contribution in [3.05, 3.63) is 46.8 Å². The number of thiophene rings is 1. The Balaban J connectivity index is 1.70. The minimum absolute atomic E-state index is 0.123. The topological polar surface area (TPSA) is 20.3 Å². The van der Waals surface area contributed by atoms with Crippen LogP contribution in [0.1, 0.15) is 35.0 Å². The largest absolute Gasteiger partial charge is 0.338 e. The molecule has 2 nitrogen and oxygen atoms in total. The van der Waals surface area contributed by atoms with Crippen molar-refractivity contribution in [3.8, 4) is 10.4 Å². The molecule has 0 spiro atoms. The van der Waals surface area contributed by atoms with Crippen LogP contribution in [-0.2, 0) is 6.42 Å². The Hall–Kier alpha value is -1.75. The van der Waals surface area contributed by atoms with Crippen molar-refractivity contribution in [1.29, 1.82) is 0 Å². The van der Waals surface area contributed by atoms with E-state index in [0.717, 1.165) is 12.0 Å². The summed E-state index contributed by atoms with van der Waals surface area (Å²) in [4.78, 5) is 16.4. The van der Waals surface area contributed by atoms with E-state index in [1.165, 1.54) is 14.7 Å². The van der Waals surface area contributed by atoms with Crippen molar-refractivity contribution in [1.82, 2.24) is 4.90 Å². The molecule has 1 amide bonds. The van der Waals surface area contributed by atoms with Gasteiger partial charge in [-0.25, -0.2) is 8.78 Å². The Morgan fingerprint density at radius 1 is 1.13 bits per heavy atom. The maximum atomic E-state index is 13.2. The fourth-order valence-electron chi connectivity index (χ4n) is 2.72. The minimum Gasteiger partial charge on any atom is -0.338 e. The SMILES string of the molecule is CCc1ccc(-c2ccc(C(=O)N3CCC(F)(F)CC3)cc2)s1. The maximum absolute atomic E-state index is 13.2. The number of halogens is 2. The normalized spacial score (nSPS) is 17.3. The first kappa shape index (κ1) is 16.1. The number of nitrogens with zero attached hydrogens (tertiary/aromatic N) is 1. The van der Waals surface area contributed by atoms with Gasteiger partial charge < -0.3 is 4.90 Å². The van der Waals surface area contributed by atoms with Crippen molar-refractivity contribution >= 4 is 17.2 Å². The summed E-state index contributed by atoms with van der Waals surface area (Å²) in [6.45, 7) is 2.37. The zero-order chi connectivity index (χ0) is 16.4. The molecule has 1 fully saturated rings. The zero-order valence-corrected chi connectivity index (χ0v) is 13.8. The van der Waals surface area contributed by atoms with Gasteiger partial charge in [-0.3, -0.25) is 4.79 Å². The third-order valence-corrected chi connectivity index (χ3v) is 5.49. The van der Waals surface area contributed by atoms with Crippen molar-refractivity contribution in [2.24, 2.45) is 0 Å². The summed E-state index contributed by atoms with van der Waals surface area (Å²) in [6, 6.07) is 11.6. The maximum Gasteiger partial charge on any atom is 0.253 e. The minimum atomic E-state index is -2.63. The average Bonchev–Trinajstić information content (AvgIpc) is 3.03. The Morgan fingerprint density at radius 2 is 1.78 bits per heavy atom. The van der Waals surface area contributed by atoms with Gasteiger partial charge in [0.15, 0.2) is 0 Å². The monoisotopic (exact) mass is 335 g/mol. The van der Waals surface area contributed by atoms with Gasteiger partial charge in [0.25, 0.3) is 11.8 Å². The van der Waals surface area contributed by atoms with E-state index >= 15 is 0 Å². The van der Waals surface area contributed by atoms with Gasteiger partial charge >= 0.3 is 0 Å². The van der Waals surface area contributed by atoms with Gasteiger partial charge in [-0.2, -0.15) is 0 Å². The summed E-state index contributed by atoms with van der Waals surface area (Å²) in [6.07, 6.45) is 0.526. The number of likely N-dealkylation sites (tertiary alicyclic amines) is 1. The summed E-state index contributed by atoms with van der Waals surface area (Å²) < 4.78 is 26.4. The lowest BCUT2D eigenvalue weighted by Crippen LogP contribution is -2.42. The molecule has 0 aliphatic carbocycles. The summed E-state index contributed by atoms with van der Waals surface area (Å²) in [5.74, 6) is -2.79. The van der Waals surface area contributed by atoms with Crippen LogP contribution in [0.2, 0.25) is 0 Å². The first-order valence-electron chi connectivity index (χ1n) is 7.85. The molecule has 1 aliphatic heterocycles. The van der Waals surface area contributed by atoms with Crippen LogP contribution in [0.15, 0.2) is 36.4 Å². The molecular weight excluding hydrogens is 316 g/mol. The lowest BCUT2D eigenvalue weighted by atomic mass is 10.0. The van der Waals surface area contributed by atoms with Gasteiger partial charge in [0, 0.05) is 41.2 Å². The lowest BCUT2D eigenvalue weighted by molar-refractivity contribution is -0.0494. The lowest BCUT2D eigenvalue weighted by Gasteiger charge is -2.31. The number of carbonyl (C=O) groups is 1. The number of benzene rings is 1. The van der Waals surface area contributed by atoms with E-state index in [1.54, 1.807) is 23.5 Å². The van der Waals surface area contributed by atoms with Crippen LogP contribution in [0.4, 0.5) is 8.78 Å². The molecule has 1 aliphatic rings. The van der Waals surface area contributed by atoms with Gasteiger partial charge in [0.1, 0.15) is 0 Å². The third-order valence-electron chi connectivity index (χ3n) is 4.21. The van der Waals surface area contributed by atoms with Gasteiger partial charge in [-0.15, -0.1) is 11.3 Å². The van der Waals surface area contributed by atoms with E-state index in [2.05, 4.69) is 19.1 Å². The van der Waals surface area contributed by atoms with Gasteiger partial charge in [-0.05, 0) is 36.2 Å². The molecule has 5 heteroatoms. The van der Waals surface area contributed by atoms with Crippen LogP contribution in [0, 0.1) is 0 Å². The predicted molar refractivity (Wildman–Crippen MR) is 89.2 cm³/mol. The summed E-state index contributed by atoms with van der Waals surface area (Å²) in [5.41, 5.74) is 1.64. The second-order valence-electron chi connectivity index (χ2n) is 5.85. The standard InChI is InChI=1S/C18H19F2NOS/c1-2-15-7-8-16(23-15)13-3-5-14(6-4-13)17(22)21-11-9-18(19,20)10-12-21/h3-8H,2,9-12H2,1H3. The summed E-state index contributed by atoms with van der Waals surface area (Å²) in [5, 5.41) is 0. The van der Waals surface area contributed by atoms with E-state index in [-0.39, 0.29) is 31.8 Å². The molecular formula is C18H19F2NOS. The fraction of sp³-hybridized carbons (Fsp3) is 0.389. The molecule has 0 radical (unpaired) electrons. The van der Waals surface area contributed by atoms with E-state index in [9.17, 15) is 13.6 Å². The number of alkyl halides is 2. The van der Waals surface area contributed by atoms with Crippen molar-refractivity contribution in [2.75, 3.05) is 13.1 Å². The second-order valence-corrected chi connectivity index (χ2v) is 7.01. The predicted octanol–water partition coefficient (Wildman–Crippen LogP) is 4.85. The summed E-state index contributed by atoms with van der Waals surface area (Å²) >= 11 is 1.75. The van der Waals surface area contributed by atoms with Crippen LogP contribution >= 0.6 is 11.3 Å². The number of hydrogen-bond donors (Lipinski definition) is 0. The highest BCUT2D eigenvalue weighted by atomic mass is 32.1. The highest BCUT2D eigenvalue weighted by Gasteiger charge is 2.35. The van der Waals surface area contributed by atoms with E-state index in [0.29, 0.717) is 5.56 Å². The quantitative estimate of drug-likeness (QED) is 0.785. The van der Waals surface area contributed by atoms with Crippen molar-refractivity contribution in [2.45, 2.75) is 32.1 Å². The van der Waals surface area contributed by atoms with Crippen LogP contribution in [-0.4, -0.2) is 29.8 Å². The van der Waals surface area contributed by atoms with E-state index in [4.69, 9.17) is 0 Å². The highest BCUT2D eigenvalue weighted by molar-refractivity contribution is 7.15. The van der Waals surface area contributed by atoms with Crippen LogP contribution in [0.5, 0.6) is 0 Å². The number of aryl methyl sites for hydroxylation is 1. The number of amides is 1. The molecule has 0 N–H and O–H groups in total. The highest BCUT2D eigenvalue weighted by Crippen LogP contribution is 2.30. The van der Waals surface area contributed by atoms with Crippen molar-refractivity contribution < 1.29 is 13.6 Å². The third kappa shape index (κ3) is 3.61. The molecule has 1 aromatic carbocycles. The second kappa shape index (κ2) is 6.40. The smallest absolute Gasteiger partial charge is 0.253 e. The Labute approximate surface area is 138 Å². The molecule has 0 saturated carbocycles. The molecule has 0 bridgehead atoms. The number of hydrogen-bond acceptors (Lipinski definition) is 2. The first-order valence-corrected chi connectivity index (χ1v) is 8.66. The molecule has 122 valence electrons. The Kier molecular flexibility index (Phi) is 4.48. The number of carbonyl (C=O) groups excluding carboxylic acids is 1. The molecule has 3 rings (SSSR count). The summed E-state index contributed by atoms with van der Waals surface area (Å²) in [7, 11) is 0. The van der Waals surface area contributed by atoms with Crippen molar-refractivity contribution in [3.63, 3.8) is 0 Å². The molecule has 2 aromatic rings. The van der Waals surface area contributed by atoms with E-state index in [1.807, 2.05) is 12.1 Å². The zero-order valence-electron chi connectivity index (χ0n) is 13.0. The van der Waals surface area contributed by atoms with E-state index < -0.39 is 5.92 Å². The Bertz CT molecular complexity index is 683. The number of rotatable bonds is 3. The molecule has 1 saturated heterocycles. The van der Waals surface area contributed by atoms with Gasteiger partial charge in [-0.1, -0.05) is 19.1 Å². The van der Waals surface area contributed by atoms with Crippen LogP contribution < -0.4 is 0 Å². The van der Waals surface area contributed by atoms with Gasteiger partial charge in [0.05, 0.1) is 0 Å². The van der Waals surface area contributed by atoms with Gasteiger partial charge in [0.2, 0.25) is 0 Å².